The van der Waals surface area contributed by atoms with E-state index in [-0.39, 0.29) is 24.6 Å². The zero-order chi connectivity index (χ0) is 15.3. The Balaban J connectivity index is 2.32. The summed E-state index contributed by atoms with van der Waals surface area (Å²) in [5.74, 6) is -0.611. The van der Waals surface area contributed by atoms with Gasteiger partial charge in [0.05, 0.1) is 11.5 Å². The van der Waals surface area contributed by atoms with E-state index in [9.17, 15) is 12.8 Å². The molecule has 0 aliphatic rings. The zero-order valence-electron chi connectivity index (χ0n) is 11.3. The summed E-state index contributed by atoms with van der Waals surface area (Å²) in [5, 5.41) is 9.10. The van der Waals surface area contributed by atoms with Crippen LogP contribution in [0.5, 0.6) is 0 Å². The van der Waals surface area contributed by atoms with Gasteiger partial charge in [0.25, 0.3) is 0 Å². The summed E-state index contributed by atoms with van der Waals surface area (Å²) in [4.78, 5) is -0.119. The molecule has 0 unspecified atom stereocenters. The number of hydrogen-bond acceptors (Lipinski definition) is 3. The summed E-state index contributed by atoms with van der Waals surface area (Å²) in [7, 11) is -3.85. The van der Waals surface area contributed by atoms with Gasteiger partial charge in [0.15, 0.2) is 0 Å². The average Bonchev–Trinajstić information content (AvgIpc) is 2.48. The maximum Gasteiger partial charge on any atom is 0.243 e. The lowest BCUT2D eigenvalue weighted by molar-refractivity contribution is 0.251. The molecule has 4 nitrogen and oxygen atoms in total. The largest absolute Gasteiger partial charge is 0.395 e. The smallest absolute Gasteiger partial charge is 0.243 e. The predicted octanol–water partition coefficient (Wildman–Crippen LogP) is 2.01. The highest BCUT2D eigenvalue weighted by atomic mass is 32.2. The van der Waals surface area contributed by atoms with Crippen molar-refractivity contribution in [2.75, 3.05) is 13.2 Å². The quantitative estimate of drug-likeness (QED) is 0.888. The van der Waals surface area contributed by atoms with E-state index < -0.39 is 15.8 Å². The van der Waals surface area contributed by atoms with E-state index in [1.807, 2.05) is 6.07 Å². The minimum atomic E-state index is -3.85. The molecule has 0 bridgehead atoms. The molecule has 0 aliphatic carbocycles. The molecule has 2 rings (SSSR count). The molecule has 2 aromatic carbocycles. The highest BCUT2D eigenvalue weighted by Gasteiger charge is 2.24. The van der Waals surface area contributed by atoms with Gasteiger partial charge in [-0.25, -0.2) is 12.8 Å². The Labute approximate surface area is 123 Å². The lowest BCUT2D eigenvalue weighted by atomic mass is 10.2. The van der Waals surface area contributed by atoms with Crippen LogP contribution < -0.4 is 0 Å². The highest BCUT2D eigenvalue weighted by Crippen LogP contribution is 2.18. The first-order chi connectivity index (χ1) is 10.0. The second kappa shape index (κ2) is 6.80. The Morgan fingerprint density at radius 3 is 2.38 bits per heavy atom. The van der Waals surface area contributed by atoms with Gasteiger partial charge in [0, 0.05) is 13.1 Å². The molecular formula is C15H16FNO3S. The van der Waals surface area contributed by atoms with Crippen LogP contribution in [0.3, 0.4) is 0 Å². The summed E-state index contributed by atoms with van der Waals surface area (Å²) in [6.07, 6.45) is 0. The summed E-state index contributed by atoms with van der Waals surface area (Å²) >= 11 is 0. The second-order valence-electron chi connectivity index (χ2n) is 4.51. The van der Waals surface area contributed by atoms with E-state index in [0.29, 0.717) is 0 Å². The molecule has 112 valence electrons. The monoisotopic (exact) mass is 309 g/mol. The van der Waals surface area contributed by atoms with Crippen molar-refractivity contribution in [1.82, 2.24) is 4.31 Å². The van der Waals surface area contributed by atoms with Crippen LogP contribution in [0.4, 0.5) is 4.39 Å². The van der Waals surface area contributed by atoms with Crippen LogP contribution in [0.2, 0.25) is 0 Å². The lowest BCUT2D eigenvalue weighted by Gasteiger charge is -2.21. The van der Waals surface area contributed by atoms with Crippen molar-refractivity contribution in [3.8, 4) is 0 Å². The Kier molecular flexibility index (Phi) is 5.06. The molecule has 21 heavy (non-hydrogen) atoms. The van der Waals surface area contributed by atoms with E-state index in [4.69, 9.17) is 5.11 Å². The summed E-state index contributed by atoms with van der Waals surface area (Å²) in [6, 6.07) is 13.9. The minimum Gasteiger partial charge on any atom is -0.395 e. The Morgan fingerprint density at radius 1 is 1.05 bits per heavy atom. The first-order valence-electron chi connectivity index (χ1n) is 6.44. The standard InChI is InChI=1S/C15H16FNO3S/c16-14-7-4-8-15(11-14)21(19,20)17(9-10-18)12-13-5-2-1-3-6-13/h1-8,11,18H,9-10,12H2. The van der Waals surface area contributed by atoms with E-state index in [2.05, 4.69) is 0 Å². The Bertz CT molecular complexity index is 689. The maximum absolute atomic E-state index is 13.2. The molecule has 0 amide bonds. The summed E-state index contributed by atoms with van der Waals surface area (Å²) in [5.41, 5.74) is 0.797. The molecular weight excluding hydrogens is 293 g/mol. The summed E-state index contributed by atoms with van der Waals surface area (Å²) in [6.45, 7) is -0.227. The van der Waals surface area contributed by atoms with Gasteiger partial charge < -0.3 is 5.11 Å². The predicted molar refractivity (Wildman–Crippen MR) is 77.5 cm³/mol. The van der Waals surface area contributed by atoms with Crippen LogP contribution in [0.25, 0.3) is 0 Å². The maximum atomic E-state index is 13.2. The topological polar surface area (TPSA) is 57.6 Å². The third kappa shape index (κ3) is 3.87. The van der Waals surface area contributed by atoms with E-state index >= 15 is 0 Å². The van der Waals surface area contributed by atoms with Crippen molar-refractivity contribution in [2.45, 2.75) is 11.4 Å². The van der Waals surface area contributed by atoms with Crippen LogP contribution in [-0.2, 0) is 16.6 Å². The van der Waals surface area contributed by atoms with Gasteiger partial charge in [0.1, 0.15) is 5.82 Å². The fourth-order valence-electron chi connectivity index (χ4n) is 1.96. The van der Waals surface area contributed by atoms with Gasteiger partial charge in [-0.15, -0.1) is 0 Å². The molecule has 0 heterocycles. The molecule has 2 aromatic rings. The van der Waals surface area contributed by atoms with Crippen LogP contribution in [0, 0.1) is 5.82 Å². The Morgan fingerprint density at radius 2 is 1.76 bits per heavy atom. The summed E-state index contributed by atoms with van der Waals surface area (Å²) < 4.78 is 39.4. The van der Waals surface area contributed by atoms with Gasteiger partial charge in [0.2, 0.25) is 10.0 Å². The fourth-order valence-corrected chi connectivity index (χ4v) is 3.41. The molecule has 0 saturated carbocycles. The van der Waals surface area contributed by atoms with Gasteiger partial charge in [-0.05, 0) is 23.8 Å². The highest BCUT2D eigenvalue weighted by molar-refractivity contribution is 7.89. The number of nitrogens with zero attached hydrogens (tertiary/aromatic N) is 1. The minimum absolute atomic E-state index is 0.0479. The molecule has 0 atom stereocenters. The number of halogens is 1. The normalized spacial score (nSPS) is 11.8. The molecule has 1 N–H and O–H groups in total. The molecule has 0 fully saturated rings. The molecule has 0 saturated heterocycles. The zero-order valence-corrected chi connectivity index (χ0v) is 12.1. The average molecular weight is 309 g/mol. The van der Waals surface area contributed by atoms with Crippen LogP contribution in [0.15, 0.2) is 59.5 Å². The fraction of sp³-hybridized carbons (Fsp3) is 0.200. The van der Waals surface area contributed by atoms with Gasteiger partial charge in [-0.3, -0.25) is 0 Å². The van der Waals surface area contributed by atoms with Crippen LogP contribution in [0.1, 0.15) is 5.56 Å². The lowest BCUT2D eigenvalue weighted by Crippen LogP contribution is -2.33. The third-order valence-electron chi connectivity index (χ3n) is 2.99. The molecule has 0 aromatic heterocycles. The van der Waals surface area contributed by atoms with Crippen molar-refractivity contribution in [3.05, 3.63) is 66.0 Å². The van der Waals surface area contributed by atoms with Gasteiger partial charge >= 0.3 is 0 Å². The Hall–Kier alpha value is -1.76. The van der Waals surface area contributed by atoms with Crippen molar-refractivity contribution in [2.24, 2.45) is 0 Å². The van der Waals surface area contributed by atoms with Crippen molar-refractivity contribution in [3.63, 3.8) is 0 Å². The number of hydrogen-bond donors (Lipinski definition) is 1. The van der Waals surface area contributed by atoms with Crippen LogP contribution in [-0.4, -0.2) is 31.0 Å². The molecule has 0 radical (unpaired) electrons. The van der Waals surface area contributed by atoms with Crippen molar-refractivity contribution >= 4 is 10.0 Å². The van der Waals surface area contributed by atoms with E-state index in [1.165, 1.54) is 18.2 Å². The molecule has 6 heteroatoms. The van der Waals surface area contributed by atoms with Crippen molar-refractivity contribution < 1.29 is 17.9 Å². The first kappa shape index (κ1) is 15.6. The number of sulfonamides is 1. The number of aliphatic hydroxyl groups is 1. The SMILES string of the molecule is O=S(=O)(c1cccc(F)c1)N(CCO)Cc1ccccc1. The number of rotatable bonds is 6. The second-order valence-corrected chi connectivity index (χ2v) is 6.44. The van der Waals surface area contributed by atoms with E-state index in [0.717, 1.165) is 15.9 Å². The van der Waals surface area contributed by atoms with E-state index in [1.54, 1.807) is 24.3 Å². The molecule has 0 aliphatic heterocycles. The van der Waals surface area contributed by atoms with Crippen LogP contribution >= 0.6 is 0 Å². The van der Waals surface area contributed by atoms with Gasteiger partial charge in [-0.2, -0.15) is 4.31 Å². The number of aliphatic hydroxyl groups excluding tert-OH is 1. The van der Waals surface area contributed by atoms with Crippen molar-refractivity contribution in [1.29, 1.82) is 0 Å². The van der Waals surface area contributed by atoms with Gasteiger partial charge in [-0.1, -0.05) is 36.4 Å². The molecule has 0 spiro atoms. The number of benzene rings is 2. The third-order valence-corrected chi connectivity index (χ3v) is 4.83. The first-order valence-corrected chi connectivity index (χ1v) is 7.88.